The highest BCUT2D eigenvalue weighted by Gasteiger charge is 2.07. The lowest BCUT2D eigenvalue weighted by atomic mass is 10.1. The summed E-state index contributed by atoms with van der Waals surface area (Å²) in [6.07, 6.45) is 5.15. The maximum absolute atomic E-state index is 2.31. The Morgan fingerprint density at radius 1 is 0.786 bits per heavy atom. The van der Waals surface area contributed by atoms with Crippen LogP contribution in [0.5, 0.6) is 0 Å². The van der Waals surface area contributed by atoms with Gasteiger partial charge in [-0.25, -0.2) is 0 Å². The lowest BCUT2D eigenvalue weighted by Crippen LogP contribution is -2.09. The number of anilines is 1. The second-order valence-corrected chi connectivity index (χ2v) is 7.43. The van der Waals surface area contributed by atoms with Crippen molar-refractivity contribution in [3.8, 4) is 0 Å². The van der Waals surface area contributed by atoms with Crippen LogP contribution in [0.15, 0.2) is 52.3 Å². The molecule has 0 aliphatic rings. The van der Waals surface area contributed by atoms with E-state index in [1.807, 2.05) is 39.5 Å². The van der Waals surface area contributed by atoms with Gasteiger partial charge in [-0.3, -0.25) is 0 Å². The summed E-state index contributed by atoms with van der Waals surface area (Å²) in [6.45, 7) is 16.7. The Morgan fingerprint density at radius 2 is 1.32 bits per heavy atom. The fourth-order valence-corrected chi connectivity index (χ4v) is 3.41. The third-order valence-electron chi connectivity index (χ3n) is 3.87. The van der Waals surface area contributed by atoms with Gasteiger partial charge >= 0.3 is 0 Å². The van der Waals surface area contributed by atoms with E-state index in [-0.39, 0.29) is 0 Å². The molecule has 2 heteroatoms. The van der Waals surface area contributed by atoms with Crippen LogP contribution >= 0.6 is 11.8 Å². The second-order valence-electron chi connectivity index (χ2n) is 6.32. The van der Waals surface area contributed by atoms with Crippen LogP contribution in [0, 0.1) is 6.92 Å². The van der Waals surface area contributed by atoms with Crippen molar-refractivity contribution in [1.29, 1.82) is 0 Å². The first kappa shape index (κ1) is 28.8. The molecule has 0 aliphatic heterocycles. The second kappa shape index (κ2) is 18.9. The average Bonchev–Trinajstić information content (AvgIpc) is 2.73. The molecule has 0 bridgehead atoms. The van der Waals surface area contributed by atoms with Crippen molar-refractivity contribution < 1.29 is 0 Å². The molecule has 2 aromatic rings. The number of unbranched alkanes of at least 4 members (excludes halogenated alkanes) is 2. The number of nitrogens with zero attached hydrogens (tertiary/aromatic N) is 1. The number of rotatable bonds is 6. The van der Waals surface area contributed by atoms with Crippen LogP contribution in [-0.2, 0) is 6.42 Å². The minimum atomic E-state index is 1.08. The highest BCUT2D eigenvalue weighted by Crippen LogP contribution is 2.35. The highest BCUT2D eigenvalue weighted by molar-refractivity contribution is 7.99. The van der Waals surface area contributed by atoms with Crippen molar-refractivity contribution in [3.05, 3.63) is 53.6 Å². The van der Waals surface area contributed by atoms with E-state index in [2.05, 4.69) is 89.2 Å². The fourth-order valence-electron chi connectivity index (χ4n) is 2.32. The van der Waals surface area contributed by atoms with E-state index in [0.29, 0.717) is 0 Å². The number of benzene rings is 2. The third-order valence-corrected chi connectivity index (χ3v) is 4.92. The van der Waals surface area contributed by atoms with E-state index in [9.17, 15) is 0 Å². The number of hydrogen-bond donors (Lipinski definition) is 0. The van der Waals surface area contributed by atoms with Gasteiger partial charge in [-0.05, 0) is 43.2 Å². The molecular formula is C26H45NS. The van der Waals surface area contributed by atoms with Crippen LogP contribution < -0.4 is 4.90 Å². The largest absolute Gasteiger partial charge is 0.377 e. The first-order valence-electron chi connectivity index (χ1n) is 11.1. The molecule has 0 saturated carbocycles. The summed E-state index contributed by atoms with van der Waals surface area (Å²) < 4.78 is 0. The van der Waals surface area contributed by atoms with E-state index in [1.165, 1.54) is 45.9 Å². The van der Waals surface area contributed by atoms with E-state index < -0.39 is 0 Å². The normalized spacial score (nSPS) is 9.07. The van der Waals surface area contributed by atoms with Crippen molar-refractivity contribution >= 4 is 17.4 Å². The lowest BCUT2D eigenvalue weighted by Gasteiger charge is -2.18. The van der Waals surface area contributed by atoms with Gasteiger partial charge in [-0.2, -0.15) is 0 Å². The van der Waals surface area contributed by atoms with Gasteiger partial charge in [0, 0.05) is 23.9 Å². The van der Waals surface area contributed by atoms with Crippen LogP contribution in [0.1, 0.15) is 78.9 Å². The Labute approximate surface area is 180 Å². The molecule has 28 heavy (non-hydrogen) atoms. The molecule has 0 radical (unpaired) electrons. The van der Waals surface area contributed by atoms with Gasteiger partial charge in [-0.1, -0.05) is 103 Å². The Bertz CT molecular complexity index is 586. The minimum absolute atomic E-state index is 1.08. The molecule has 0 N–H and O–H groups in total. The van der Waals surface area contributed by atoms with Crippen molar-refractivity contribution in [1.82, 2.24) is 0 Å². The summed E-state index contributed by atoms with van der Waals surface area (Å²) in [5.74, 6) is 0. The van der Waals surface area contributed by atoms with Gasteiger partial charge in [0.1, 0.15) is 0 Å². The topological polar surface area (TPSA) is 3.24 Å². The zero-order chi connectivity index (χ0) is 21.9. The summed E-state index contributed by atoms with van der Waals surface area (Å²) >= 11 is 1.84. The number of aryl methyl sites for hydroxylation is 2. The van der Waals surface area contributed by atoms with Crippen LogP contribution in [0.25, 0.3) is 0 Å². The van der Waals surface area contributed by atoms with Gasteiger partial charge in [0.15, 0.2) is 0 Å². The molecule has 0 atom stereocenters. The highest BCUT2D eigenvalue weighted by atomic mass is 32.2. The summed E-state index contributed by atoms with van der Waals surface area (Å²) in [7, 11) is 4.19. The third kappa shape index (κ3) is 12.1. The SMILES string of the molecule is CC.CC.CCCCC.CCc1ccc(N(C)C)c(Sc2ccc(C)cc2)c1. The average molecular weight is 404 g/mol. The van der Waals surface area contributed by atoms with Crippen molar-refractivity contribution in [2.75, 3.05) is 19.0 Å². The van der Waals surface area contributed by atoms with Crippen LogP contribution in [0.4, 0.5) is 5.69 Å². The molecule has 0 heterocycles. The molecule has 0 unspecified atom stereocenters. The Hall–Kier alpha value is -1.41. The maximum atomic E-state index is 2.31. The molecule has 2 rings (SSSR count). The molecule has 2 aromatic carbocycles. The van der Waals surface area contributed by atoms with E-state index >= 15 is 0 Å². The van der Waals surface area contributed by atoms with Gasteiger partial charge in [0.25, 0.3) is 0 Å². The van der Waals surface area contributed by atoms with Crippen molar-refractivity contribution in [2.24, 2.45) is 0 Å². The lowest BCUT2D eigenvalue weighted by molar-refractivity contribution is 0.772. The molecule has 1 nitrogen and oxygen atoms in total. The van der Waals surface area contributed by atoms with Crippen LogP contribution in [0.2, 0.25) is 0 Å². The van der Waals surface area contributed by atoms with Gasteiger partial charge in [0.05, 0.1) is 5.69 Å². The molecule has 0 amide bonds. The molecule has 0 saturated heterocycles. The molecule has 0 aliphatic carbocycles. The summed E-state index contributed by atoms with van der Waals surface area (Å²) in [5, 5.41) is 0. The smallest absolute Gasteiger partial charge is 0.0503 e. The monoisotopic (exact) mass is 403 g/mol. The molecular weight excluding hydrogens is 358 g/mol. The van der Waals surface area contributed by atoms with E-state index in [0.717, 1.165) is 6.42 Å². The Kier molecular flexibility index (Phi) is 19.5. The summed E-state index contributed by atoms with van der Waals surface area (Å²) in [5.41, 5.74) is 3.97. The quantitative estimate of drug-likeness (QED) is 0.473. The molecule has 0 fully saturated rings. The summed E-state index contributed by atoms with van der Waals surface area (Å²) in [4.78, 5) is 4.80. The van der Waals surface area contributed by atoms with E-state index in [1.54, 1.807) is 0 Å². The number of hydrogen-bond acceptors (Lipinski definition) is 2. The molecule has 0 aromatic heterocycles. The summed E-state index contributed by atoms with van der Waals surface area (Å²) in [6, 6.07) is 15.5. The van der Waals surface area contributed by atoms with Gasteiger partial charge in [0.2, 0.25) is 0 Å². The molecule has 0 spiro atoms. The maximum Gasteiger partial charge on any atom is 0.0503 e. The predicted molar refractivity (Wildman–Crippen MR) is 133 cm³/mol. The Balaban J connectivity index is 0. The van der Waals surface area contributed by atoms with Gasteiger partial charge < -0.3 is 4.90 Å². The van der Waals surface area contributed by atoms with E-state index in [4.69, 9.17) is 0 Å². The van der Waals surface area contributed by atoms with Crippen molar-refractivity contribution in [2.45, 2.75) is 90.9 Å². The van der Waals surface area contributed by atoms with Crippen LogP contribution in [0.3, 0.4) is 0 Å². The zero-order valence-corrected chi connectivity index (χ0v) is 21.0. The van der Waals surface area contributed by atoms with Crippen LogP contribution in [-0.4, -0.2) is 14.1 Å². The van der Waals surface area contributed by atoms with Gasteiger partial charge in [-0.15, -0.1) is 0 Å². The molecule has 160 valence electrons. The first-order chi connectivity index (χ1) is 13.5. The minimum Gasteiger partial charge on any atom is -0.377 e. The van der Waals surface area contributed by atoms with Crippen molar-refractivity contribution in [3.63, 3.8) is 0 Å². The zero-order valence-electron chi connectivity index (χ0n) is 20.2. The predicted octanol–water partition coefficient (Wildman–Crippen LogP) is 9.02. The first-order valence-corrected chi connectivity index (χ1v) is 11.9. The fraction of sp³-hybridized carbons (Fsp3) is 0.538. The standard InChI is InChI=1S/C17H21NS.C5H12.2C2H6/c1-5-14-8-11-16(18(3)4)17(12-14)19-15-9-6-13(2)7-10-15;1-3-5-4-2;2*1-2/h6-12H,5H2,1-4H3;3-5H2,1-2H3;2*1-2H3. The Morgan fingerprint density at radius 3 is 1.71 bits per heavy atom.